The third-order valence-corrected chi connectivity index (χ3v) is 2.96. The third-order valence-electron chi connectivity index (χ3n) is 2.96. The molecule has 1 unspecified atom stereocenters. The van der Waals surface area contributed by atoms with Gasteiger partial charge >= 0.3 is 0 Å². The van der Waals surface area contributed by atoms with Crippen molar-refractivity contribution in [3.63, 3.8) is 0 Å². The number of nitrogens with two attached hydrogens (primary N) is 1. The molecule has 1 aromatic carbocycles. The monoisotopic (exact) mass is 220 g/mol. The van der Waals surface area contributed by atoms with Crippen LogP contribution in [0.2, 0.25) is 0 Å². The Bertz CT molecular complexity index is 285. The van der Waals surface area contributed by atoms with Gasteiger partial charge in [-0.1, -0.05) is 30.3 Å². The van der Waals surface area contributed by atoms with Gasteiger partial charge in [-0.05, 0) is 33.3 Å². The highest BCUT2D eigenvalue weighted by Gasteiger charge is 2.17. The SMILES string of the molecule is CC(C)N(CC(N)c1ccccc1)C(C)C. The summed E-state index contributed by atoms with van der Waals surface area (Å²) in [4.78, 5) is 2.43. The second-order valence-electron chi connectivity index (χ2n) is 4.90. The fraction of sp³-hybridized carbons (Fsp3) is 0.571. The minimum Gasteiger partial charge on any atom is -0.323 e. The zero-order chi connectivity index (χ0) is 12.1. The zero-order valence-corrected chi connectivity index (χ0v) is 10.9. The first kappa shape index (κ1) is 13.2. The lowest BCUT2D eigenvalue weighted by molar-refractivity contribution is 0.164. The van der Waals surface area contributed by atoms with Crippen molar-refractivity contribution in [2.45, 2.75) is 45.8 Å². The summed E-state index contributed by atoms with van der Waals surface area (Å²) in [5, 5.41) is 0. The first-order valence-corrected chi connectivity index (χ1v) is 6.08. The summed E-state index contributed by atoms with van der Waals surface area (Å²) in [5.41, 5.74) is 7.45. The molecule has 0 aliphatic heterocycles. The van der Waals surface area contributed by atoms with Crippen molar-refractivity contribution in [1.82, 2.24) is 4.90 Å². The van der Waals surface area contributed by atoms with Crippen LogP contribution in [0.4, 0.5) is 0 Å². The number of benzene rings is 1. The molecule has 1 atom stereocenters. The summed E-state index contributed by atoms with van der Waals surface area (Å²) in [7, 11) is 0. The van der Waals surface area contributed by atoms with E-state index >= 15 is 0 Å². The second-order valence-corrected chi connectivity index (χ2v) is 4.90. The molecule has 2 heteroatoms. The number of hydrogen-bond donors (Lipinski definition) is 1. The topological polar surface area (TPSA) is 29.3 Å². The minimum absolute atomic E-state index is 0.103. The predicted molar refractivity (Wildman–Crippen MR) is 70.3 cm³/mol. The first-order valence-electron chi connectivity index (χ1n) is 6.08. The third kappa shape index (κ3) is 3.62. The van der Waals surface area contributed by atoms with Crippen LogP contribution in [-0.2, 0) is 0 Å². The number of nitrogens with zero attached hydrogens (tertiary/aromatic N) is 1. The average molecular weight is 220 g/mol. The number of hydrogen-bond acceptors (Lipinski definition) is 2. The lowest BCUT2D eigenvalue weighted by Crippen LogP contribution is -2.41. The van der Waals surface area contributed by atoms with Gasteiger partial charge in [0.25, 0.3) is 0 Å². The summed E-state index contributed by atoms with van der Waals surface area (Å²) >= 11 is 0. The molecule has 0 amide bonds. The summed E-state index contributed by atoms with van der Waals surface area (Å²) in [6.45, 7) is 9.80. The van der Waals surface area contributed by atoms with Crippen LogP contribution < -0.4 is 5.73 Å². The van der Waals surface area contributed by atoms with Crippen LogP contribution in [0, 0.1) is 0 Å². The van der Waals surface area contributed by atoms with E-state index in [2.05, 4.69) is 44.7 Å². The highest BCUT2D eigenvalue weighted by atomic mass is 15.2. The summed E-state index contributed by atoms with van der Waals surface area (Å²) in [6, 6.07) is 11.5. The zero-order valence-electron chi connectivity index (χ0n) is 10.9. The van der Waals surface area contributed by atoms with Gasteiger partial charge in [-0.15, -0.1) is 0 Å². The molecule has 16 heavy (non-hydrogen) atoms. The van der Waals surface area contributed by atoms with Gasteiger partial charge in [-0.25, -0.2) is 0 Å². The molecule has 0 saturated heterocycles. The van der Waals surface area contributed by atoms with Gasteiger partial charge in [0.1, 0.15) is 0 Å². The van der Waals surface area contributed by atoms with Gasteiger partial charge in [0, 0.05) is 24.7 Å². The van der Waals surface area contributed by atoms with E-state index < -0.39 is 0 Å². The van der Waals surface area contributed by atoms with Crippen LogP contribution in [0.3, 0.4) is 0 Å². The van der Waals surface area contributed by atoms with E-state index in [-0.39, 0.29) is 6.04 Å². The fourth-order valence-corrected chi connectivity index (χ4v) is 2.05. The van der Waals surface area contributed by atoms with Crippen LogP contribution in [0.5, 0.6) is 0 Å². The molecule has 1 aromatic rings. The molecule has 0 aromatic heterocycles. The largest absolute Gasteiger partial charge is 0.323 e. The Morgan fingerprint density at radius 1 is 1.00 bits per heavy atom. The summed E-state index contributed by atoms with van der Waals surface area (Å²) < 4.78 is 0. The van der Waals surface area contributed by atoms with Crippen molar-refractivity contribution in [2.75, 3.05) is 6.54 Å². The van der Waals surface area contributed by atoms with E-state index in [1.807, 2.05) is 18.2 Å². The van der Waals surface area contributed by atoms with E-state index in [4.69, 9.17) is 5.73 Å². The van der Waals surface area contributed by atoms with Gasteiger partial charge in [0.05, 0.1) is 0 Å². The molecule has 2 nitrogen and oxygen atoms in total. The normalized spacial score (nSPS) is 13.8. The molecule has 0 aliphatic carbocycles. The van der Waals surface area contributed by atoms with Crippen molar-refractivity contribution in [2.24, 2.45) is 5.73 Å². The standard InChI is InChI=1S/C14H24N2/c1-11(2)16(12(3)4)10-14(15)13-8-6-5-7-9-13/h5-9,11-12,14H,10,15H2,1-4H3. The molecular formula is C14H24N2. The van der Waals surface area contributed by atoms with Gasteiger partial charge in [-0.3, -0.25) is 4.90 Å². The van der Waals surface area contributed by atoms with Crippen LogP contribution in [0.15, 0.2) is 30.3 Å². The smallest absolute Gasteiger partial charge is 0.0424 e. The van der Waals surface area contributed by atoms with E-state index in [0.717, 1.165) is 6.54 Å². The van der Waals surface area contributed by atoms with E-state index in [1.165, 1.54) is 5.56 Å². The van der Waals surface area contributed by atoms with Gasteiger partial charge < -0.3 is 5.73 Å². The fourth-order valence-electron chi connectivity index (χ4n) is 2.05. The van der Waals surface area contributed by atoms with Crippen LogP contribution in [0.1, 0.15) is 39.3 Å². The predicted octanol–water partition coefficient (Wildman–Crippen LogP) is 2.81. The molecule has 0 bridgehead atoms. The minimum atomic E-state index is 0.103. The molecule has 0 radical (unpaired) electrons. The summed E-state index contributed by atoms with van der Waals surface area (Å²) in [6.07, 6.45) is 0. The molecule has 0 heterocycles. The maximum absolute atomic E-state index is 6.23. The molecule has 1 rings (SSSR count). The Kier molecular flexibility index (Phi) is 4.97. The highest BCUT2D eigenvalue weighted by Crippen LogP contribution is 2.14. The average Bonchev–Trinajstić information content (AvgIpc) is 2.25. The van der Waals surface area contributed by atoms with Gasteiger partial charge in [0.15, 0.2) is 0 Å². The Labute approximate surface area is 99.5 Å². The second kappa shape index (κ2) is 6.02. The van der Waals surface area contributed by atoms with Crippen molar-refractivity contribution < 1.29 is 0 Å². The molecule has 90 valence electrons. The quantitative estimate of drug-likeness (QED) is 0.826. The molecule has 0 saturated carbocycles. The van der Waals surface area contributed by atoms with Crippen molar-refractivity contribution >= 4 is 0 Å². The van der Waals surface area contributed by atoms with Crippen molar-refractivity contribution in [3.8, 4) is 0 Å². The van der Waals surface area contributed by atoms with E-state index in [1.54, 1.807) is 0 Å². The van der Waals surface area contributed by atoms with Crippen LogP contribution in [-0.4, -0.2) is 23.5 Å². The van der Waals surface area contributed by atoms with Crippen LogP contribution >= 0.6 is 0 Å². The molecule has 0 aliphatic rings. The van der Waals surface area contributed by atoms with E-state index in [0.29, 0.717) is 12.1 Å². The molecule has 0 spiro atoms. The number of rotatable bonds is 5. The van der Waals surface area contributed by atoms with Crippen molar-refractivity contribution in [1.29, 1.82) is 0 Å². The maximum Gasteiger partial charge on any atom is 0.0424 e. The molecule has 0 fully saturated rings. The molecule has 2 N–H and O–H groups in total. The van der Waals surface area contributed by atoms with Gasteiger partial charge in [0.2, 0.25) is 0 Å². The Morgan fingerprint density at radius 3 is 1.94 bits per heavy atom. The summed E-state index contributed by atoms with van der Waals surface area (Å²) in [5.74, 6) is 0. The van der Waals surface area contributed by atoms with Gasteiger partial charge in [-0.2, -0.15) is 0 Å². The van der Waals surface area contributed by atoms with Crippen LogP contribution in [0.25, 0.3) is 0 Å². The Hall–Kier alpha value is -0.860. The molecular weight excluding hydrogens is 196 g/mol. The van der Waals surface area contributed by atoms with E-state index in [9.17, 15) is 0 Å². The van der Waals surface area contributed by atoms with Crippen molar-refractivity contribution in [3.05, 3.63) is 35.9 Å². The maximum atomic E-state index is 6.23. The Balaban J connectivity index is 2.65. The first-order chi connectivity index (χ1) is 7.52. The Morgan fingerprint density at radius 2 is 1.50 bits per heavy atom. The lowest BCUT2D eigenvalue weighted by Gasteiger charge is -2.32. The highest BCUT2D eigenvalue weighted by molar-refractivity contribution is 5.18. The lowest BCUT2D eigenvalue weighted by atomic mass is 10.1.